The Kier molecular flexibility index (Phi) is 3.50. The Labute approximate surface area is 107 Å². The van der Waals surface area contributed by atoms with E-state index in [4.69, 9.17) is 0 Å². The zero-order chi connectivity index (χ0) is 13.3. The Hall–Kier alpha value is -1.65. The molecule has 0 radical (unpaired) electrons. The van der Waals surface area contributed by atoms with Gasteiger partial charge in [0.05, 0.1) is 5.69 Å². The Balaban J connectivity index is 2.20. The Morgan fingerprint density at radius 1 is 1.44 bits per heavy atom. The third-order valence-electron chi connectivity index (χ3n) is 3.44. The van der Waals surface area contributed by atoms with Crippen LogP contribution in [0.3, 0.4) is 0 Å². The topological polar surface area (TPSA) is 75.1 Å². The van der Waals surface area contributed by atoms with Crippen LogP contribution < -0.4 is 5.32 Å². The van der Waals surface area contributed by atoms with E-state index in [2.05, 4.69) is 22.4 Å². The predicted molar refractivity (Wildman–Crippen MR) is 68.9 cm³/mol. The third kappa shape index (κ3) is 2.78. The summed E-state index contributed by atoms with van der Waals surface area (Å²) in [6.45, 7) is 5.59. The molecular formula is C13H19N3O2. The number of nitrogens with one attached hydrogen (secondary N) is 1. The van der Waals surface area contributed by atoms with Crippen molar-refractivity contribution in [1.82, 2.24) is 10.2 Å². The van der Waals surface area contributed by atoms with Crippen molar-refractivity contribution < 1.29 is 9.90 Å². The molecule has 1 saturated carbocycles. The maximum absolute atomic E-state index is 11.3. The van der Waals surface area contributed by atoms with Crippen LogP contribution in [0.5, 0.6) is 0 Å². The van der Waals surface area contributed by atoms with Gasteiger partial charge in [0.1, 0.15) is 5.56 Å². The summed E-state index contributed by atoms with van der Waals surface area (Å²) in [5, 5.41) is 20.4. The molecule has 1 aromatic rings. The first kappa shape index (κ1) is 12.8. The molecule has 5 nitrogen and oxygen atoms in total. The summed E-state index contributed by atoms with van der Waals surface area (Å²) in [4.78, 5) is 11.3. The second-order valence-corrected chi connectivity index (χ2v) is 5.16. The standard InChI is InChI=1S/C13H19N3O2/c1-7(6-10-4-5-10)14-12-11(13(17)18)8(2)9(3)15-16-12/h7,10H,4-6H2,1-3H3,(H,14,16)(H,17,18). The van der Waals surface area contributed by atoms with Gasteiger partial charge in [0, 0.05) is 6.04 Å². The number of aryl methyl sites for hydroxylation is 1. The quantitative estimate of drug-likeness (QED) is 0.838. The molecule has 0 aromatic carbocycles. The summed E-state index contributed by atoms with van der Waals surface area (Å²) in [7, 11) is 0. The fraction of sp³-hybridized carbons (Fsp3) is 0.615. The third-order valence-corrected chi connectivity index (χ3v) is 3.44. The van der Waals surface area contributed by atoms with E-state index < -0.39 is 5.97 Å². The SMILES string of the molecule is Cc1nnc(NC(C)CC2CC2)c(C(=O)O)c1C. The minimum absolute atomic E-state index is 0.229. The molecule has 0 saturated heterocycles. The van der Waals surface area contributed by atoms with Crippen molar-refractivity contribution in [2.24, 2.45) is 5.92 Å². The van der Waals surface area contributed by atoms with E-state index in [1.54, 1.807) is 13.8 Å². The molecule has 1 aliphatic carbocycles. The normalized spacial score (nSPS) is 16.4. The van der Waals surface area contributed by atoms with Crippen LogP contribution >= 0.6 is 0 Å². The first-order chi connectivity index (χ1) is 8.49. The molecule has 0 spiro atoms. The Morgan fingerprint density at radius 2 is 2.11 bits per heavy atom. The smallest absolute Gasteiger partial charge is 0.339 e. The minimum atomic E-state index is -0.952. The van der Waals surface area contributed by atoms with Gasteiger partial charge in [-0.05, 0) is 38.7 Å². The molecule has 0 bridgehead atoms. The van der Waals surface area contributed by atoms with E-state index in [1.807, 2.05) is 0 Å². The molecule has 1 atom stereocenters. The first-order valence-electron chi connectivity index (χ1n) is 6.32. The zero-order valence-electron chi connectivity index (χ0n) is 11.0. The summed E-state index contributed by atoms with van der Waals surface area (Å²) in [5.41, 5.74) is 1.58. The van der Waals surface area contributed by atoms with Crippen LogP contribution in [0.2, 0.25) is 0 Å². The van der Waals surface area contributed by atoms with Crippen LogP contribution in [0.1, 0.15) is 47.8 Å². The van der Waals surface area contributed by atoms with Gasteiger partial charge >= 0.3 is 5.97 Å². The van der Waals surface area contributed by atoms with Gasteiger partial charge < -0.3 is 10.4 Å². The zero-order valence-corrected chi connectivity index (χ0v) is 11.0. The van der Waals surface area contributed by atoms with Crippen molar-refractivity contribution >= 4 is 11.8 Å². The molecule has 1 aromatic heterocycles. The summed E-state index contributed by atoms with van der Waals surface area (Å²) in [6.07, 6.45) is 3.64. The molecule has 1 unspecified atom stereocenters. The predicted octanol–water partition coefficient (Wildman–Crippen LogP) is 2.39. The second-order valence-electron chi connectivity index (χ2n) is 5.16. The molecule has 1 fully saturated rings. The molecule has 1 heterocycles. The lowest BCUT2D eigenvalue weighted by Crippen LogP contribution is -2.20. The highest BCUT2D eigenvalue weighted by Gasteiger charge is 2.25. The molecule has 5 heteroatoms. The number of anilines is 1. The number of carbonyl (C=O) groups is 1. The van der Waals surface area contributed by atoms with Gasteiger partial charge in [0.25, 0.3) is 0 Å². The van der Waals surface area contributed by atoms with Crippen molar-refractivity contribution in [3.8, 4) is 0 Å². The van der Waals surface area contributed by atoms with E-state index in [-0.39, 0.29) is 11.6 Å². The van der Waals surface area contributed by atoms with Gasteiger partial charge in [0.15, 0.2) is 5.82 Å². The lowest BCUT2D eigenvalue weighted by Gasteiger charge is -2.16. The molecule has 18 heavy (non-hydrogen) atoms. The lowest BCUT2D eigenvalue weighted by atomic mass is 10.1. The Morgan fingerprint density at radius 3 is 2.67 bits per heavy atom. The van der Waals surface area contributed by atoms with Crippen LogP contribution in [0.25, 0.3) is 0 Å². The fourth-order valence-electron chi connectivity index (χ4n) is 2.12. The van der Waals surface area contributed by atoms with E-state index in [0.29, 0.717) is 17.1 Å². The van der Waals surface area contributed by atoms with Crippen molar-refractivity contribution in [2.75, 3.05) is 5.32 Å². The summed E-state index contributed by atoms with van der Waals surface area (Å²) < 4.78 is 0. The molecular weight excluding hydrogens is 230 g/mol. The highest BCUT2D eigenvalue weighted by atomic mass is 16.4. The highest BCUT2D eigenvalue weighted by molar-refractivity contribution is 5.94. The van der Waals surface area contributed by atoms with Gasteiger partial charge in [-0.3, -0.25) is 0 Å². The van der Waals surface area contributed by atoms with Crippen LogP contribution in [0, 0.1) is 19.8 Å². The molecule has 0 aliphatic heterocycles. The lowest BCUT2D eigenvalue weighted by molar-refractivity contribution is 0.0696. The largest absolute Gasteiger partial charge is 0.478 e. The van der Waals surface area contributed by atoms with Crippen LogP contribution in [0.15, 0.2) is 0 Å². The van der Waals surface area contributed by atoms with Gasteiger partial charge in [-0.1, -0.05) is 12.8 Å². The van der Waals surface area contributed by atoms with E-state index in [9.17, 15) is 9.90 Å². The second kappa shape index (κ2) is 4.92. The van der Waals surface area contributed by atoms with Crippen molar-refractivity contribution in [3.63, 3.8) is 0 Å². The number of hydrogen-bond donors (Lipinski definition) is 2. The number of aromatic nitrogens is 2. The van der Waals surface area contributed by atoms with Crippen LogP contribution in [0.4, 0.5) is 5.82 Å². The fourth-order valence-corrected chi connectivity index (χ4v) is 2.12. The van der Waals surface area contributed by atoms with Crippen LogP contribution in [-0.4, -0.2) is 27.3 Å². The number of nitrogens with zero attached hydrogens (tertiary/aromatic N) is 2. The number of carboxylic acid groups (broad SMARTS) is 1. The van der Waals surface area contributed by atoms with Gasteiger partial charge in [-0.25, -0.2) is 4.79 Å². The first-order valence-corrected chi connectivity index (χ1v) is 6.32. The number of hydrogen-bond acceptors (Lipinski definition) is 4. The molecule has 98 valence electrons. The monoisotopic (exact) mass is 249 g/mol. The van der Waals surface area contributed by atoms with E-state index >= 15 is 0 Å². The van der Waals surface area contributed by atoms with Crippen molar-refractivity contribution in [3.05, 3.63) is 16.8 Å². The summed E-state index contributed by atoms with van der Waals surface area (Å²) >= 11 is 0. The van der Waals surface area contributed by atoms with Gasteiger partial charge in [-0.15, -0.1) is 5.10 Å². The number of rotatable bonds is 5. The summed E-state index contributed by atoms with van der Waals surface area (Å²) in [5.74, 6) is 0.227. The van der Waals surface area contributed by atoms with Gasteiger partial charge in [0.2, 0.25) is 0 Å². The average molecular weight is 249 g/mol. The molecule has 2 N–H and O–H groups in total. The van der Waals surface area contributed by atoms with E-state index in [0.717, 1.165) is 12.3 Å². The minimum Gasteiger partial charge on any atom is -0.478 e. The number of aromatic carboxylic acids is 1. The van der Waals surface area contributed by atoms with Crippen molar-refractivity contribution in [2.45, 2.75) is 46.1 Å². The molecule has 1 aliphatic rings. The molecule has 2 rings (SSSR count). The summed E-state index contributed by atoms with van der Waals surface area (Å²) in [6, 6.07) is 0.229. The van der Waals surface area contributed by atoms with Gasteiger partial charge in [-0.2, -0.15) is 5.10 Å². The Bertz CT molecular complexity index is 470. The number of carboxylic acids is 1. The maximum atomic E-state index is 11.3. The highest BCUT2D eigenvalue weighted by Crippen LogP contribution is 2.34. The van der Waals surface area contributed by atoms with Crippen LogP contribution in [-0.2, 0) is 0 Å². The molecule has 0 amide bonds. The average Bonchev–Trinajstić information content (AvgIpc) is 3.07. The maximum Gasteiger partial charge on any atom is 0.339 e. The van der Waals surface area contributed by atoms with Crippen molar-refractivity contribution in [1.29, 1.82) is 0 Å². The van der Waals surface area contributed by atoms with E-state index in [1.165, 1.54) is 12.8 Å².